The van der Waals surface area contributed by atoms with Crippen LogP contribution in [0.5, 0.6) is 0 Å². The SMILES string of the molecule is O=C(Cc1csc(NC(=O)Nc2cccc3ccccc23)n1)NO. The summed E-state index contributed by atoms with van der Waals surface area (Å²) in [5.74, 6) is -0.563. The first-order valence-corrected chi connectivity index (χ1v) is 7.97. The maximum absolute atomic E-state index is 12.1. The van der Waals surface area contributed by atoms with Crippen LogP contribution >= 0.6 is 11.3 Å². The van der Waals surface area contributed by atoms with Crippen molar-refractivity contribution in [2.75, 3.05) is 10.6 Å². The van der Waals surface area contributed by atoms with Crippen molar-refractivity contribution in [1.82, 2.24) is 10.5 Å². The van der Waals surface area contributed by atoms with Crippen molar-refractivity contribution in [3.05, 3.63) is 53.5 Å². The van der Waals surface area contributed by atoms with Gasteiger partial charge in [0.05, 0.1) is 17.8 Å². The Hall–Kier alpha value is -2.97. The van der Waals surface area contributed by atoms with E-state index in [4.69, 9.17) is 5.21 Å². The van der Waals surface area contributed by atoms with Crippen LogP contribution in [0.1, 0.15) is 5.69 Å². The third kappa shape index (κ3) is 3.67. The maximum Gasteiger partial charge on any atom is 0.325 e. The van der Waals surface area contributed by atoms with E-state index in [-0.39, 0.29) is 6.42 Å². The monoisotopic (exact) mass is 342 g/mol. The lowest BCUT2D eigenvalue weighted by Gasteiger charge is -2.08. The maximum atomic E-state index is 12.1. The van der Waals surface area contributed by atoms with Crippen molar-refractivity contribution < 1.29 is 14.8 Å². The summed E-state index contributed by atoms with van der Waals surface area (Å²) in [6.45, 7) is 0. The molecule has 3 rings (SSSR count). The van der Waals surface area contributed by atoms with Crippen LogP contribution in [0.25, 0.3) is 10.8 Å². The zero-order valence-corrected chi connectivity index (χ0v) is 13.3. The number of urea groups is 1. The zero-order chi connectivity index (χ0) is 16.9. The van der Waals surface area contributed by atoms with Crippen LogP contribution in [0.15, 0.2) is 47.8 Å². The molecule has 0 aliphatic rings. The molecule has 4 N–H and O–H groups in total. The first kappa shape index (κ1) is 15.9. The number of nitrogens with one attached hydrogen (secondary N) is 3. The molecule has 24 heavy (non-hydrogen) atoms. The number of hydrogen-bond donors (Lipinski definition) is 4. The van der Waals surface area contributed by atoms with Gasteiger partial charge in [-0.25, -0.2) is 15.3 Å². The number of hydrogen-bond acceptors (Lipinski definition) is 5. The number of carbonyl (C=O) groups excluding carboxylic acids is 2. The third-order valence-electron chi connectivity index (χ3n) is 3.28. The largest absolute Gasteiger partial charge is 0.325 e. The second-order valence-corrected chi connectivity index (χ2v) is 5.82. The van der Waals surface area contributed by atoms with Gasteiger partial charge in [-0.05, 0) is 11.5 Å². The third-order valence-corrected chi connectivity index (χ3v) is 4.08. The molecule has 2 aromatic carbocycles. The highest BCUT2D eigenvalue weighted by Gasteiger charge is 2.10. The molecule has 1 heterocycles. The molecule has 0 saturated heterocycles. The highest BCUT2D eigenvalue weighted by atomic mass is 32.1. The van der Waals surface area contributed by atoms with E-state index in [1.807, 2.05) is 42.5 Å². The summed E-state index contributed by atoms with van der Waals surface area (Å²) >= 11 is 1.20. The standard InChI is InChI=1S/C16H14N4O3S/c21-14(20-23)8-11-9-24-16(17-11)19-15(22)18-13-7-3-5-10-4-1-2-6-12(10)13/h1-7,9,23H,8H2,(H,20,21)(H2,17,18,19,22). The first-order valence-electron chi connectivity index (χ1n) is 7.09. The molecular formula is C16H14N4O3S. The Morgan fingerprint density at radius 2 is 1.88 bits per heavy atom. The quantitative estimate of drug-likeness (QED) is 0.432. The van der Waals surface area contributed by atoms with Crippen LogP contribution in [0.3, 0.4) is 0 Å². The average molecular weight is 342 g/mol. The van der Waals surface area contributed by atoms with Gasteiger partial charge in [-0.15, -0.1) is 11.3 Å². The van der Waals surface area contributed by atoms with Crippen molar-refractivity contribution in [1.29, 1.82) is 0 Å². The fraction of sp³-hybridized carbons (Fsp3) is 0.0625. The molecule has 0 fully saturated rings. The molecule has 8 heteroatoms. The van der Waals surface area contributed by atoms with Crippen LogP contribution in [0.4, 0.5) is 15.6 Å². The van der Waals surface area contributed by atoms with E-state index in [2.05, 4.69) is 15.6 Å². The van der Waals surface area contributed by atoms with Crippen LogP contribution in [-0.4, -0.2) is 22.1 Å². The molecule has 0 atom stereocenters. The number of rotatable bonds is 4. The van der Waals surface area contributed by atoms with E-state index in [0.717, 1.165) is 10.8 Å². The molecule has 0 aliphatic heterocycles. The first-order chi connectivity index (χ1) is 11.7. The van der Waals surface area contributed by atoms with Crippen LogP contribution < -0.4 is 16.1 Å². The molecule has 0 aliphatic carbocycles. The highest BCUT2D eigenvalue weighted by molar-refractivity contribution is 7.14. The average Bonchev–Trinajstić information content (AvgIpc) is 3.01. The van der Waals surface area contributed by atoms with Crippen LogP contribution in [-0.2, 0) is 11.2 Å². The lowest BCUT2D eigenvalue weighted by Crippen LogP contribution is -2.21. The number of nitrogens with zero attached hydrogens (tertiary/aromatic N) is 1. The van der Waals surface area contributed by atoms with Gasteiger partial charge >= 0.3 is 6.03 Å². The molecule has 3 aromatic rings. The molecule has 1 aromatic heterocycles. The van der Waals surface area contributed by atoms with Gasteiger partial charge in [0.15, 0.2) is 5.13 Å². The van der Waals surface area contributed by atoms with Crippen molar-refractivity contribution >= 4 is 44.9 Å². The number of aromatic nitrogens is 1. The van der Waals surface area contributed by atoms with Gasteiger partial charge in [0, 0.05) is 10.8 Å². The van der Waals surface area contributed by atoms with Crippen molar-refractivity contribution in [3.63, 3.8) is 0 Å². The predicted octanol–water partition coefficient (Wildman–Crippen LogP) is 2.99. The fourth-order valence-electron chi connectivity index (χ4n) is 2.23. The highest BCUT2D eigenvalue weighted by Crippen LogP contribution is 2.23. The van der Waals surface area contributed by atoms with Gasteiger partial charge in [0.2, 0.25) is 5.91 Å². The van der Waals surface area contributed by atoms with Crippen LogP contribution in [0, 0.1) is 0 Å². The smallest absolute Gasteiger partial charge is 0.307 e. The second kappa shape index (κ2) is 7.07. The summed E-state index contributed by atoms with van der Waals surface area (Å²) in [6, 6.07) is 13.0. The van der Waals surface area contributed by atoms with E-state index in [1.165, 1.54) is 16.8 Å². The van der Waals surface area contributed by atoms with Gasteiger partial charge in [-0.3, -0.25) is 15.3 Å². The van der Waals surface area contributed by atoms with E-state index in [1.54, 1.807) is 5.38 Å². The molecule has 0 saturated carbocycles. The summed E-state index contributed by atoms with van der Waals surface area (Å²) in [5.41, 5.74) is 2.70. The predicted molar refractivity (Wildman–Crippen MR) is 92.3 cm³/mol. The van der Waals surface area contributed by atoms with E-state index in [9.17, 15) is 9.59 Å². The molecule has 0 radical (unpaired) electrons. The summed E-state index contributed by atoms with van der Waals surface area (Å²) in [6.07, 6.45) is -0.0559. The van der Waals surface area contributed by atoms with Crippen LogP contribution in [0.2, 0.25) is 0 Å². The molecular weight excluding hydrogens is 328 g/mol. The Morgan fingerprint density at radius 1 is 1.08 bits per heavy atom. The van der Waals surface area contributed by atoms with Gasteiger partial charge in [-0.2, -0.15) is 0 Å². The van der Waals surface area contributed by atoms with Crippen molar-refractivity contribution in [3.8, 4) is 0 Å². The number of carbonyl (C=O) groups is 2. The van der Waals surface area contributed by atoms with Crippen molar-refractivity contribution in [2.24, 2.45) is 0 Å². The van der Waals surface area contributed by atoms with E-state index in [0.29, 0.717) is 16.5 Å². The summed E-state index contributed by atoms with van der Waals surface area (Å²) in [7, 11) is 0. The number of hydroxylamine groups is 1. The summed E-state index contributed by atoms with van der Waals surface area (Å²) < 4.78 is 0. The summed E-state index contributed by atoms with van der Waals surface area (Å²) in [4.78, 5) is 27.3. The molecule has 0 bridgehead atoms. The number of benzene rings is 2. The van der Waals surface area contributed by atoms with Gasteiger partial charge in [0.25, 0.3) is 0 Å². The minimum Gasteiger partial charge on any atom is -0.307 e. The number of amides is 3. The molecule has 0 spiro atoms. The Kier molecular flexibility index (Phi) is 4.69. The van der Waals surface area contributed by atoms with Gasteiger partial charge in [0.1, 0.15) is 0 Å². The minimum absolute atomic E-state index is 0.0559. The Morgan fingerprint density at radius 3 is 2.71 bits per heavy atom. The second-order valence-electron chi connectivity index (χ2n) is 4.96. The molecule has 3 amide bonds. The Bertz CT molecular complexity index is 888. The number of thiazole rings is 1. The fourth-order valence-corrected chi connectivity index (χ4v) is 2.94. The lowest BCUT2D eigenvalue weighted by atomic mass is 10.1. The Balaban J connectivity index is 1.68. The minimum atomic E-state index is -0.563. The van der Waals surface area contributed by atoms with Gasteiger partial charge in [-0.1, -0.05) is 36.4 Å². The summed E-state index contributed by atoms with van der Waals surface area (Å²) in [5, 5.41) is 17.9. The van der Waals surface area contributed by atoms with E-state index < -0.39 is 11.9 Å². The van der Waals surface area contributed by atoms with E-state index >= 15 is 0 Å². The Labute approximate surface area is 141 Å². The van der Waals surface area contributed by atoms with Crippen molar-refractivity contribution in [2.45, 2.75) is 6.42 Å². The molecule has 7 nitrogen and oxygen atoms in total. The normalized spacial score (nSPS) is 10.4. The number of fused-ring (bicyclic) bond motifs is 1. The number of anilines is 2. The topological polar surface area (TPSA) is 103 Å². The molecule has 0 unspecified atom stereocenters. The van der Waals surface area contributed by atoms with Gasteiger partial charge < -0.3 is 5.32 Å². The lowest BCUT2D eigenvalue weighted by molar-refractivity contribution is -0.128. The zero-order valence-electron chi connectivity index (χ0n) is 12.4. The molecule has 122 valence electrons.